The third kappa shape index (κ3) is 3.09. The molecular formula is C15H22N6O. The molecule has 1 atom stereocenters. The Morgan fingerprint density at radius 3 is 2.18 bits per heavy atom. The van der Waals surface area contributed by atoms with Crippen LogP contribution in [0, 0.1) is 20.8 Å². The highest BCUT2D eigenvalue weighted by molar-refractivity contribution is 5.33. The summed E-state index contributed by atoms with van der Waals surface area (Å²) in [6.45, 7) is 11.6. The zero-order valence-electron chi connectivity index (χ0n) is 13.6. The summed E-state index contributed by atoms with van der Waals surface area (Å²) in [7, 11) is 0. The Morgan fingerprint density at radius 1 is 1.00 bits per heavy atom. The van der Waals surface area contributed by atoms with Crippen LogP contribution in [-0.2, 0) is 0 Å². The van der Waals surface area contributed by atoms with E-state index >= 15 is 0 Å². The van der Waals surface area contributed by atoms with Gasteiger partial charge in [-0.25, -0.2) is 9.97 Å². The molecule has 7 heteroatoms. The zero-order chi connectivity index (χ0) is 15.7. The van der Waals surface area contributed by atoms with Crippen LogP contribution >= 0.6 is 0 Å². The zero-order valence-corrected chi connectivity index (χ0v) is 13.6. The quantitative estimate of drug-likeness (QED) is 0.854. The Morgan fingerprint density at radius 2 is 1.64 bits per heavy atom. The molecule has 22 heavy (non-hydrogen) atoms. The van der Waals surface area contributed by atoms with E-state index in [0.29, 0.717) is 11.7 Å². The summed E-state index contributed by atoms with van der Waals surface area (Å²) in [5.41, 5.74) is 2.03. The van der Waals surface area contributed by atoms with Gasteiger partial charge in [-0.2, -0.15) is 4.98 Å². The molecule has 0 spiro atoms. The van der Waals surface area contributed by atoms with Gasteiger partial charge in [-0.05, 0) is 33.8 Å². The lowest BCUT2D eigenvalue weighted by atomic mass is 10.2. The highest BCUT2D eigenvalue weighted by Crippen LogP contribution is 2.21. The van der Waals surface area contributed by atoms with E-state index in [4.69, 9.17) is 4.52 Å². The molecular weight excluding hydrogens is 280 g/mol. The topological polar surface area (TPSA) is 71.2 Å². The van der Waals surface area contributed by atoms with Crippen molar-refractivity contribution in [1.82, 2.24) is 25.0 Å². The molecule has 118 valence electrons. The van der Waals surface area contributed by atoms with Gasteiger partial charge in [0.25, 0.3) is 0 Å². The van der Waals surface area contributed by atoms with Gasteiger partial charge in [0, 0.05) is 37.6 Å². The second-order valence-corrected chi connectivity index (χ2v) is 5.83. The van der Waals surface area contributed by atoms with Crippen molar-refractivity contribution >= 4 is 5.95 Å². The monoisotopic (exact) mass is 302 g/mol. The summed E-state index contributed by atoms with van der Waals surface area (Å²) < 4.78 is 5.28. The number of hydrogen-bond acceptors (Lipinski definition) is 7. The fourth-order valence-corrected chi connectivity index (χ4v) is 2.80. The maximum Gasteiger partial charge on any atom is 0.243 e. The average Bonchev–Trinajstić information content (AvgIpc) is 2.92. The van der Waals surface area contributed by atoms with Gasteiger partial charge in [0.1, 0.15) is 0 Å². The smallest absolute Gasteiger partial charge is 0.243 e. The molecule has 1 fully saturated rings. The summed E-state index contributed by atoms with van der Waals surface area (Å²) in [5.74, 6) is 2.20. The third-order valence-electron chi connectivity index (χ3n) is 4.02. The Kier molecular flexibility index (Phi) is 4.06. The van der Waals surface area contributed by atoms with Crippen molar-refractivity contribution in [1.29, 1.82) is 0 Å². The first-order valence-corrected chi connectivity index (χ1v) is 7.64. The van der Waals surface area contributed by atoms with E-state index in [2.05, 4.69) is 36.8 Å². The van der Waals surface area contributed by atoms with Crippen LogP contribution in [0.25, 0.3) is 0 Å². The van der Waals surface area contributed by atoms with Crippen molar-refractivity contribution in [3.05, 3.63) is 29.2 Å². The van der Waals surface area contributed by atoms with Crippen LogP contribution < -0.4 is 4.90 Å². The van der Waals surface area contributed by atoms with E-state index in [1.54, 1.807) is 0 Å². The standard InChI is InChI=1S/C15H22N6O/c1-10-9-11(2)17-15(16-10)21-7-5-20(6-8-21)12(3)14-18-13(4)19-22-14/h9,12H,5-8H2,1-4H3. The first kappa shape index (κ1) is 14.9. The summed E-state index contributed by atoms with van der Waals surface area (Å²) in [6.07, 6.45) is 0. The average molecular weight is 302 g/mol. The van der Waals surface area contributed by atoms with E-state index in [1.807, 2.05) is 26.8 Å². The largest absolute Gasteiger partial charge is 0.338 e. The van der Waals surface area contributed by atoms with Crippen LogP contribution in [0.1, 0.15) is 36.1 Å². The molecule has 1 saturated heterocycles. The van der Waals surface area contributed by atoms with Gasteiger partial charge < -0.3 is 9.42 Å². The van der Waals surface area contributed by atoms with Gasteiger partial charge >= 0.3 is 0 Å². The molecule has 0 radical (unpaired) electrons. The first-order chi connectivity index (χ1) is 10.5. The van der Waals surface area contributed by atoms with Crippen molar-refractivity contribution in [2.45, 2.75) is 33.7 Å². The molecule has 2 aromatic heterocycles. The minimum Gasteiger partial charge on any atom is -0.338 e. The molecule has 0 amide bonds. The Balaban J connectivity index is 1.64. The van der Waals surface area contributed by atoms with Gasteiger partial charge in [-0.1, -0.05) is 5.16 Å². The third-order valence-corrected chi connectivity index (χ3v) is 4.02. The minimum absolute atomic E-state index is 0.142. The molecule has 3 heterocycles. The van der Waals surface area contributed by atoms with E-state index in [0.717, 1.165) is 43.5 Å². The molecule has 1 unspecified atom stereocenters. The molecule has 2 aromatic rings. The second kappa shape index (κ2) is 6.00. The Bertz CT molecular complexity index is 627. The molecule has 0 bridgehead atoms. The van der Waals surface area contributed by atoms with Gasteiger partial charge in [-0.3, -0.25) is 4.90 Å². The van der Waals surface area contributed by atoms with E-state index < -0.39 is 0 Å². The van der Waals surface area contributed by atoms with Crippen LogP contribution in [0.4, 0.5) is 5.95 Å². The Hall–Kier alpha value is -2.02. The lowest BCUT2D eigenvalue weighted by Gasteiger charge is -2.36. The predicted octanol–water partition coefficient (Wildman–Crippen LogP) is 1.67. The SMILES string of the molecule is Cc1cc(C)nc(N2CCN(C(C)c3nc(C)no3)CC2)n1. The van der Waals surface area contributed by atoms with E-state index in [-0.39, 0.29) is 6.04 Å². The molecule has 0 aliphatic carbocycles. The normalized spacial score (nSPS) is 17.7. The maximum atomic E-state index is 5.28. The van der Waals surface area contributed by atoms with E-state index in [9.17, 15) is 0 Å². The van der Waals surface area contributed by atoms with Crippen molar-refractivity contribution in [3.63, 3.8) is 0 Å². The second-order valence-electron chi connectivity index (χ2n) is 5.83. The van der Waals surface area contributed by atoms with Crippen molar-refractivity contribution in [3.8, 4) is 0 Å². The maximum absolute atomic E-state index is 5.28. The van der Waals surface area contributed by atoms with Crippen molar-refractivity contribution < 1.29 is 4.52 Å². The van der Waals surface area contributed by atoms with Crippen LogP contribution in [0.3, 0.4) is 0 Å². The van der Waals surface area contributed by atoms with E-state index in [1.165, 1.54) is 0 Å². The Labute approximate surface area is 130 Å². The summed E-state index contributed by atoms with van der Waals surface area (Å²) >= 11 is 0. The fourth-order valence-electron chi connectivity index (χ4n) is 2.80. The number of rotatable bonds is 3. The van der Waals surface area contributed by atoms with Crippen LogP contribution in [-0.4, -0.2) is 51.2 Å². The van der Waals surface area contributed by atoms with Crippen molar-refractivity contribution in [2.24, 2.45) is 0 Å². The number of aromatic nitrogens is 4. The minimum atomic E-state index is 0.142. The molecule has 0 aromatic carbocycles. The fraction of sp³-hybridized carbons (Fsp3) is 0.600. The van der Waals surface area contributed by atoms with Gasteiger partial charge in [0.05, 0.1) is 6.04 Å². The first-order valence-electron chi connectivity index (χ1n) is 7.64. The van der Waals surface area contributed by atoms with Crippen LogP contribution in [0.15, 0.2) is 10.6 Å². The lowest BCUT2D eigenvalue weighted by Crippen LogP contribution is -2.47. The number of nitrogens with zero attached hydrogens (tertiary/aromatic N) is 6. The predicted molar refractivity (Wildman–Crippen MR) is 82.7 cm³/mol. The highest BCUT2D eigenvalue weighted by Gasteiger charge is 2.26. The molecule has 0 N–H and O–H groups in total. The summed E-state index contributed by atoms with van der Waals surface area (Å²) in [4.78, 5) is 18.0. The molecule has 3 rings (SSSR count). The number of hydrogen-bond donors (Lipinski definition) is 0. The molecule has 1 aliphatic rings. The number of anilines is 1. The van der Waals surface area contributed by atoms with Crippen LogP contribution in [0.5, 0.6) is 0 Å². The summed E-state index contributed by atoms with van der Waals surface area (Å²) in [5, 5.41) is 3.87. The highest BCUT2D eigenvalue weighted by atomic mass is 16.5. The van der Waals surface area contributed by atoms with Gasteiger partial charge in [0.2, 0.25) is 11.8 Å². The van der Waals surface area contributed by atoms with Crippen LogP contribution in [0.2, 0.25) is 0 Å². The lowest BCUT2D eigenvalue weighted by molar-refractivity contribution is 0.163. The summed E-state index contributed by atoms with van der Waals surface area (Å²) in [6, 6.07) is 2.14. The van der Waals surface area contributed by atoms with Gasteiger partial charge in [-0.15, -0.1) is 0 Å². The molecule has 1 aliphatic heterocycles. The van der Waals surface area contributed by atoms with Gasteiger partial charge in [0.15, 0.2) is 5.82 Å². The molecule has 7 nitrogen and oxygen atoms in total. The number of piperazine rings is 1. The van der Waals surface area contributed by atoms with Crippen molar-refractivity contribution in [2.75, 3.05) is 31.1 Å². The molecule has 0 saturated carbocycles. The number of aryl methyl sites for hydroxylation is 3.